The van der Waals surface area contributed by atoms with Gasteiger partial charge in [0, 0.05) is 30.4 Å². The fourth-order valence-electron chi connectivity index (χ4n) is 6.02. The summed E-state index contributed by atoms with van der Waals surface area (Å²) >= 11 is 0. The van der Waals surface area contributed by atoms with Crippen LogP contribution in [0.25, 0.3) is 0 Å². The number of halogens is 1. The molecule has 1 saturated carbocycles. The zero-order valence-corrected chi connectivity index (χ0v) is 18.4. The van der Waals surface area contributed by atoms with Crippen LogP contribution in [-0.2, 0) is 16.7 Å². The molecule has 168 valence electrons. The van der Waals surface area contributed by atoms with Crippen LogP contribution in [0.2, 0.25) is 0 Å². The second-order valence-electron chi connectivity index (χ2n) is 8.96. The molecule has 7 heteroatoms. The van der Waals surface area contributed by atoms with E-state index in [1.54, 1.807) is 6.07 Å². The Morgan fingerprint density at radius 1 is 1.32 bits per heavy atom. The first-order chi connectivity index (χ1) is 15.0. The highest BCUT2D eigenvalue weighted by molar-refractivity contribution is 5.67. The quantitative estimate of drug-likeness (QED) is 0.735. The molecule has 0 bridgehead atoms. The summed E-state index contributed by atoms with van der Waals surface area (Å²) in [6.07, 6.45) is 8.42. The number of hydrogen-bond acceptors (Lipinski definition) is 4. The van der Waals surface area contributed by atoms with Gasteiger partial charge in [0.05, 0.1) is 7.11 Å². The Balaban J connectivity index is 1.85. The van der Waals surface area contributed by atoms with Crippen molar-refractivity contribution in [1.82, 2.24) is 20.2 Å². The van der Waals surface area contributed by atoms with Crippen LogP contribution in [0.4, 0.5) is 9.18 Å². The number of aromatic nitrogens is 2. The largest absolute Gasteiger partial charge is 0.453 e. The van der Waals surface area contributed by atoms with Crippen molar-refractivity contribution in [1.29, 1.82) is 0 Å². The number of methoxy groups -OCH3 is 1. The van der Waals surface area contributed by atoms with Crippen LogP contribution < -0.4 is 10.6 Å². The van der Waals surface area contributed by atoms with E-state index in [1.165, 1.54) is 13.2 Å². The van der Waals surface area contributed by atoms with Crippen molar-refractivity contribution >= 4 is 6.09 Å². The molecule has 1 saturated heterocycles. The third kappa shape index (κ3) is 4.33. The van der Waals surface area contributed by atoms with Gasteiger partial charge in [-0.3, -0.25) is 0 Å². The van der Waals surface area contributed by atoms with Crippen LogP contribution in [0.15, 0.2) is 36.7 Å². The Morgan fingerprint density at radius 2 is 2.13 bits per heavy atom. The summed E-state index contributed by atoms with van der Waals surface area (Å²) in [5, 5.41) is 6.59. The standard InChI is InChI=1S/C24H33FN4O2/c1-17-27-13-14-29(17)16-24(18-9-11-26-12-10-18,19-5-3-6-20(25)15-19)21-7-4-8-22(21)28-23(30)31-2/h3,5-6,13-15,18,21-22,26H,4,7-12,16H2,1-2H3,(H,28,30)/t21-,22-,24-/m0/s1. The minimum Gasteiger partial charge on any atom is -0.453 e. The van der Waals surface area contributed by atoms with Crippen LogP contribution in [0.5, 0.6) is 0 Å². The number of amides is 1. The van der Waals surface area contributed by atoms with Crippen molar-refractivity contribution < 1.29 is 13.9 Å². The Labute approximate surface area is 183 Å². The molecule has 6 nitrogen and oxygen atoms in total. The van der Waals surface area contributed by atoms with Gasteiger partial charge in [0.2, 0.25) is 0 Å². The summed E-state index contributed by atoms with van der Waals surface area (Å²) in [6.45, 7) is 4.63. The number of carbonyl (C=O) groups is 1. The van der Waals surface area contributed by atoms with E-state index in [9.17, 15) is 9.18 Å². The van der Waals surface area contributed by atoms with Crippen molar-refractivity contribution in [2.24, 2.45) is 11.8 Å². The number of nitrogens with zero attached hydrogens (tertiary/aromatic N) is 2. The second-order valence-corrected chi connectivity index (χ2v) is 8.96. The van der Waals surface area contributed by atoms with E-state index in [2.05, 4.69) is 26.3 Å². The molecule has 4 rings (SSSR count). The Bertz CT molecular complexity index is 895. The predicted octanol–water partition coefficient (Wildman–Crippen LogP) is 3.79. The van der Waals surface area contributed by atoms with Gasteiger partial charge >= 0.3 is 6.09 Å². The number of piperidine rings is 1. The molecule has 3 atom stereocenters. The lowest BCUT2D eigenvalue weighted by atomic mass is 9.58. The number of rotatable bonds is 6. The lowest BCUT2D eigenvalue weighted by molar-refractivity contribution is 0.0917. The maximum Gasteiger partial charge on any atom is 0.407 e. The van der Waals surface area contributed by atoms with Gasteiger partial charge in [-0.1, -0.05) is 18.6 Å². The van der Waals surface area contributed by atoms with E-state index in [0.29, 0.717) is 5.92 Å². The molecule has 31 heavy (non-hydrogen) atoms. The molecule has 2 N–H and O–H groups in total. The van der Waals surface area contributed by atoms with E-state index < -0.39 is 6.09 Å². The van der Waals surface area contributed by atoms with Gasteiger partial charge in [-0.2, -0.15) is 0 Å². The molecule has 1 aliphatic heterocycles. The number of alkyl carbamates (subject to hydrolysis) is 1. The summed E-state index contributed by atoms with van der Waals surface area (Å²) < 4.78 is 21.7. The van der Waals surface area contributed by atoms with Crippen LogP contribution >= 0.6 is 0 Å². The molecular weight excluding hydrogens is 395 g/mol. The number of nitrogens with one attached hydrogen (secondary N) is 2. The van der Waals surface area contributed by atoms with Crippen molar-refractivity contribution in [3.63, 3.8) is 0 Å². The van der Waals surface area contributed by atoms with Crippen molar-refractivity contribution in [3.05, 3.63) is 53.9 Å². The average molecular weight is 429 g/mol. The van der Waals surface area contributed by atoms with Crippen LogP contribution in [0.3, 0.4) is 0 Å². The highest BCUT2D eigenvalue weighted by Crippen LogP contribution is 2.51. The summed E-state index contributed by atoms with van der Waals surface area (Å²) in [7, 11) is 1.40. The number of aryl methyl sites for hydroxylation is 1. The molecular formula is C24H33FN4O2. The molecule has 2 fully saturated rings. The first-order valence-corrected chi connectivity index (χ1v) is 11.3. The lowest BCUT2D eigenvalue weighted by Crippen LogP contribution is -2.54. The number of carbonyl (C=O) groups excluding carboxylic acids is 1. The molecule has 2 heterocycles. The maximum atomic E-state index is 14.6. The molecule has 1 aromatic heterocycles. The van der Waals surface area contributed by atoms with Gasteiger partial charge in [-0.25, -0.2) is 14.2 Å². The smallest absolute Gasteiger partial charge is 0.407 e. The monoisotopic (exact) mass is 428 g/mol. The summed E-state index contributed by atoms with van der Waals surface area (Å²) in [5.41, 5.74) is 0.703. The molecule has 0 radical (unpaired) electrons. The molecule has 0 unspecified atom stereocenters. The van der Waals surface area contributed by atoms with Crippen molar-refractivity contribution in [2.75, 3.05) is 20.2 Å². The molecule has 1 aromatic carbocycles. The Hall–Kier alpha value is -2.41. The van der Waals surface area contributed by atoms with Crippen LogP contribution in [0, 0.1) is 24.6 Å². The average Bonchev–Trinajstić information content (AvgIpc) is 3.41. The minimum atomic E-state index is -0.394. The number of benzene rings is 1. The zero-order valence-electron chi connectivity index (χ0n) is 18.4. The Kier molecular flexibility index (Phi) is 6.60. The maximum absolute atomic E-state index is 14.6. The van der Waals surface area contributed by atoms with Gasteiger partial charge in [0.15, 0.2) is 0 Å². The third-order valence-corrected chi connectivity index (χ3v) is 7.45. The van der Waals surface area contributed by atoms with Crippen molar-refractivity contribution in [2.45, 2.75) is 57.0 Å². The van der Waals surface area contributed by atoms with Gasteiger partial charge < -0.3 is 19.9 Å². The Morgan fingerprint density at radius 3 is 2.81 bits per heavy atom. The minimum absolute atomic E-state index is 0.00516. The van der Waals surface area contributed by atoms with Gasteiger partial charge in [-0.15, -0.1) is 0 Å². The van der Waals surface area contributed by atoms with E-state index in [1.807, 2.05) is 25.4 Å². The van der Waals surface area contributed by atoms with Gasteiger partial charge in [-0.05, 0) is 75.2 Å². The highest BCUT2D eigenvalue weighted by atomic mass is 19.1. The molecule has 2 aliphatic rings. The van der Waals surface area contributed by atoms with Crippen molar-refractivity contribution in [3.8, 4) is 0 Å². The fourth-order valence-corrected chi connectivity index (χ4v) is 6.02. The molecule has 1 aliphatic carbocycles. The zero-order chi connectivity index (χ0) is 21.8. The third-order valence-electron chi connectivity index (χ3n) is 7.45. The summed E-state index contributed by atoms with van der Waals surface area (Å²) in [6, 6.07) is 7.11. The van der Waals surface area contributed by atoms with Crippen LogP contribution in [0.1, 0.15) is 43.5 Å². The second kappa shape index (κ2) is 9.39. The number of imidazole rings is 1. The highest BCUT2D eigenvalue weighted by Gasteiger charge is 2.51. The first-order valence-electron chi connectivity index (χ1n) is 11.3. The lowest BCUT2D eigenvalue weighted by Gasteiger charge is -2.49. The fraction of sp³-hybridized carbons (Fsp3) is 0.583. The van der Waals surface area contributed by atoms with E-state index in [0.717, 1.165) is 63.1 Å². The van der Waals surface area contributed by atoms with Gasteiger partial charge in [0.1, 0.15) is 11.6 Å². The molecule has 2 aromatic rings. The van der Waals surface area contributed by atoms with Crippen LogP contribution in [-0.4, -0.2) is 41.9 Å². The van der Waals surface area contributed by atoms with E-state index in [4.69, 9.17) is 4.74 Å². The summed E-state index contributed by atoms with van der Waals surface area (Å²) in [5.74, 6) is 1.28. The first kappa shape index (κ1) is 21.8. The van der Waals surface area contributed by atoms with E-state index in [-0.39, 0.29) is 23.2 Å². The normalized spacial score (nSPS) is 24.0. The molecule has 0 spiro atoms. The van der Waals surface area contributed by atoms with E-state index >= 15 is 0 Å². The van der Waals surface area contributed by atoms with Gasteiger partial charge in [0.25, 0.3) is 0 Å². The number of hydrogen-bond donors (Lipinski definition) is 2. The predicted molar refractivity (Wildman–Crippen MR) is 117 cm³/mol. The summed E-state index contributed by atoms with van der Waals surface area (Å²) in [4.78, 5) is 16.6. The topological polar surface area (TPSA) is 68.2 Å². The number of ether oxygens (including phenoxy) is 1. The SMILES string of the molecule is COC(=O)N[C@H]1CCC[C@@H]1[C@](Cn1ccnc1C)(c1cccc(F)c1)C1CCNCC1. The molecule has 1 amide bonds.